The fourth-order valence-electron chi connectivity index (χ4n) is 2.48. The molecule has 0 bridgehead atoms. The highest BCUT2D eigenvalue weighted by Gasteiger charge is 2.12. The summed E-state index contributed by atoms with van der Waals surface area (Å²) in [6, 6.07) is 5.99. The Kier molecular flexibility index (Phi) is 5.82. The Bertz CT molecular complexity index is 525. The largest absolute Gasteiger partial charge is 0.478 e. The highest BCUT2D eigenvalue weighted by Crippen LogP contribution is 2.24. The fourth-order valence-corrected chi connectivity index (χ4v) is 2.98. The predicted octanol–water partition coefficient (Wildman–Crippen LogP) is 3.08. The number of likely N-dealkylation sites (N-methyl/N-ethyl adjacent to an activating group) is 1. The number of carboxylic acids is 1. The lowest BCUT2D eigenvalue weighted by atomic mass is 10.2. The van der Waals surface area contributed by atoms with Gasteiger partial charge in [0.2, 0.25) is 0 Å². The molecule has 1 aliphatic rings. The fraction of sp³-hybridized carbons (Fsp3) is 0.438. The molecule has 1 aromatic rings. The van der Waals surface area contributed by atoms with Crippen molar-refractivity contribution in [2.24, 2.45) is 0 Å². The zero-order valence-electron chi connectivity index (χ0n) is 12.3. The van der Waals surface area contributed by atoms with Crippen LogP contribution < -0.4 is 4.90 Å². The second-order valence-corrected chi connectivity index (χ2v) is 6.20. The lowest BCUT2D eigenvalue weighted by Gasteiger charge is -2.23. The van der Waals surface area contributed by atoms with E-state index in [-0.39, 0.29) is 0 Å². The average molecular weight is 353 g/mol. The summed E-state index contributed by atoms with van der Waals surface area (Å²) >= 11 is 3.50. The maximum absolute atomic E-state index is 10.6. The first-order chi connectivity index (χ1) is 10.1. The van der Waals surface area contributed by atoms with E-state index in [1.54, 1.807) is 6.08 Å². The second-order valence-electron chi connectivity index (χ2n) is 5.35. The first-order valence-corrected chi connectivity index (χ1v) is 7.99. The van der Waals surface area contributed by atoms with E-state index in [1.807, 2.05) is 18.2 Å². The van der Waals surface area contributed by atoms with Crippen molar-refractivity contribution < 1.29 is 9.90 Å². The summed E-state index contributed by atoms with van der Waals surface area (Å²) in [5.41, 5.74) is 2.00. The monoisotopic (exact) mass is 352 g/mol. The Labute approximate surface area is 134 Å². The highest BCUT2D eigenvalue weighted by molar-refractivity contribution is 9.10. The minimum absolute atomic E-state index is 0.870. The van der Waals surface area contributed by atoms with Gasteiger partial charge in [0, 0.05) is 36.4 Å². The van der Waals surface area contributed by atoms with Gasteiger partial charge >= 0.3 is 5.97 Å². The van der Waals surface area contributed by atoms with Crippen LogP contribution in [0.1, 0.15) is 18.4 Å². The molecule has 114 valence electrons. The molecule has 1 aliphatic heterocycles. The van der Waals surface area contributed by atoms with Crippen LogP contribution in [0.25, 0.3) is 6.08 Å². The zero-order valence-corrected chi connectivity index (χ0v) is 13.8. The molecule has 1 N–H and O–H groups in total. The van der Waals surface area contributed by atoms with E-state index in [0.29, 0.717) is 0 Å². The molecule has 1 heterocycles. The zero-order chi connectivity index (χ0) is 15.2. The maximum Gasteiger partial charge on any atom is 0.328 e. The summed E-state index contributed by atoms with van der Waals surface area (Å²) in [7, 11) is 2.09. The molecule has 5 heteroatoms. The summed E-state index contributed by atoms with van der Waals surface area (Å²) < 4.78 is 0.908. The standard InChI is InChI=1S/C16H21BrN2O2/c1-18(10-11-19-8-2-3-9-19)14-6-4-13(15(17)12-14)5-7-16(20)21/h4-7,12H,2-3,8-11H2,1H3,(H,20,21)/b7-5+. The maximum atomic E-state index is 10.6. The van der Waals surface area contributed by atoms with Gasteiger partial charge in [-0.3, -0.25) is 0 Å². The number of likely N-dealkylation sites (tertiary alicyclic amines) is 1. The number of benzene rings is 1. The van der Waals surface area contributed by atoms with Gasteiger partial charge < -0.3 is 14.9 Å². The van der Waals surface area contributed by atoms with Crippen molar-refractivity contribution in [2.75, 3.05) is 38.1 Å². The van der Waals surface area contributed by atoms with E-state index in [1.165, 1.54) is 25.9 Å². The van der Waals surface area contributed by atoms with Gasteiger partial charge in [0.15, 0.2) is 0 Å². The lowest BCUT2D eigenvalue weighted by molar-refractivity contribution is -0.131. The number of anilines is 1. The summed E-state index contributed by atoms with van der Waals surface area (Å²) in [4.78, 5) is 15.3. The van der Waals surface area contributed by atoms with E-state index in [2.05, 4.69) is 32.8 Å². The van der Waals surface area contributed by atoms with Crippen molar-refractivity contribution in [3.05, 3.63) is 34.3 Å². The van der Waals surface area contributed by atoms with Crippen LogP contribution in [0.5, 0.6) is 0 Å². The number of carboxylic acid groups (broad SMARTS) is 1. The number of carbonyl (C=O) groups is 1. The van der Waals surface area contributed by atoms with Crippen molar-refractivity contribution in [3.63, 3.8) is 0 Å². The van der Waals surface area contributed by atoms with Crippen LogP contribution in [-0.4, -0.2) is 49.2 Å². The van der Waals surface area contributed by atoms with Crippen molar-refractivity contribution in [1.29, 1.82) is 0 Å². The minimum atomic E-state index is -0.936. The van der Waals surface area contributed by atoms with Crippen LogP contribution in [0, 0.1) is 0 Å². The van der Waals surface area contributed by atoms with E-state index < -0.39 is 5.97 Å². The molecule has 0 unspecified atom stereocenters. The van der Waals surface area contributed by atoms with Crippen LogP contribution in [0.3, 0.4) is 0 Å². The number of nitrogens with zero attached hydrogens (tertiary/aromatic N) is 2. The van der Waals surface area contributed by atoms with Crippen LogP contribution in [0.4, 0.5) is 5.69 Å². The molecular formula is C16H21BrN2O2. The van der Waals surface area contributed by atoms with Gasteiger partial charge in [-0.15, -0.1) is 0 Å². The third-order valence-electron chi connectivity index (χ3n) is 3.78. The molecule has 1 saturated heterocycles. The Morgan fingerprint density at radius 3 is 2.76 bits per heavy atom. The van der Waals surface area contributed by atoms with E-state index in [4.69, 9.17) is 5.11 Å². The number of rotatable bonds is 6. The van der Waals surface area contributed by atoms with E-state index in [0.717, 1.165) is 34.9 Å². The van der Waals surface area contributed by atoms with Gasteiger partial charge in [0.1, 0.15) is 0 Å². The van der Waals surface area contributed by atoms with Gasteiger partial charge in [0.05, 0.1) is 0 Å². The Balaban J connectivity index is 1.96. The molecule has 0 amide bonds. The summed E-state index contributed by atoms with van der Waals surface area (Å²) in [5.74, 6) is -0.936. The van der Waals surface area contributed by atoms with E-state index >= 15 is 0 Å². The summed E-state index contributed by atoms with van der Waals surface area (Å²) in [5, 5.41) is 8.67. The van der Waals surface area contributed by atoms with Gasteiger partial charge in [-0.25, -0.2) is 4.79 Å². The Morgan fingerprint density at radius 2 is 2.14 bits per heavy atom. The molecule has 0 radical (unpaired) electrons. The van der Waals surface area contributed by atoms with Gasteiger partial charge in [-0.1, -0.05) is 22.0 Å². The number of aliphatic carboxylic acids is 1. The average Bonchev–Trinajstić information content (AvgIpc) is 2.96. The quantitative estimate of drug-likeness (QED) is 0.799. The highest BCUT2D eigenvalue weighted by atomic mass is 79.9. The second kappa shape index (κ2) is 7.61. The Hall–Kier alpha value is -1.33. The van der Waals surface area contributed by atoms with E-state index in [9.17, 15) is 4.79 Å². The summed E-state index contributed by atoms with van der Waals surface area (Å²) in [6.07, 6.45) is 5.39. The normalized spacial score (nSPS) is 15.7. The van der Waals surface area contributed by atoms with Crippen molar-refractivity contribution in [1.82, 2.24) is 4.90 Å². The van der Waals surface area contributed by atoms with Gasteiger partial charge in [-0.2, -0.15) is 0 Å². The molecule has 1 aromatic carbocycles. The third kappa shape index (κ3) is 4.86. The van der Waals surface area contributed by atoms with Gasteiger partial charge in [0.25, 0.3) is 0 Å². The molecule has 0 aromatic heterocycles. The molecule has 0 saturated carbocycles. The molecule has 0 spiro atoms. The molecule has 0 aliphatic carbocycles. The minimum Gasteiger partial charge on any atom is -0.478 e. The Morgan fingerprint density at radius 1 is 1.43 bits per heavy atom. The third-order valence-corrected chi connectivity index (χ3v) is 4.47. The number of hydrogen-bond acceptors (Lipinski definition) is 3. The van der Waals surface area contributed by atoms with Crippen LogP contribution >= 0.6 is 15.9 Å². The van der Waals surface area contributed by atoms with Crippen molar-refractivity contribution in [3.8, 4) is 0 Å². The predicted molar refractivity (Wildman–Crippen MR) is 89.8 cm³/mol. The van der Waals surface area contributed by atoms with Crippen LogP contribution in [-0.2, 0) is 4.79 Å². The summed E-state index contributed by atoms with van der Waals surface area (Å²) in [6.45, 7) is 4.53. The molecule has 21 heavy (non-hydrogen) atoms. The molecule has 4 nitrogen and oxygen atoms in total. The first-order valence-electron chi connectivity index (χ1n) is 7.20. The first kappa shape index (κ1) is 16.0. The molecule has 1 fully saturated rings. The van der Waals surface area contributed by atoms with Crippen molar-refractivity contribution >= 4 is 33.7 Å². The SMILES string of the molecule is CN(CCN1CCCC1)c1ccc(/C=C/C(=O)O)c(Br)c1. The van der Waals surface area contributed by atoms with Crippen LogP contribution in [0.2, 0.25) is 0 Å². The van der Waals surface area contributed by atoms with Crippen LogP contribution in [0.15, 0.2) is 28.7 Å². The molecule has 0 atom stereocenters. The van der Waals surface area contributed by atoms with Gasteiger partial charge in [-0.05, 0) is 49.7 Å². The lowest BCUT2D eigenvalue weighted by Crippen LogP contribution is -2.31. The smallest absolute Gasteiger partial charge is 0.328 e. The number of halogens is 1. The molecule has 2 rings (SSSR count). The van der Waals surface area contributed by atoms with Crippen molar-refractivity contribution in [2.45, 2.75) is 12.8 Å². The topological polar surface area (TPSA) is 43.8 Å². The molecular weight excluding hydrogens is 332 g/mol. The number of hydrogen-bond donors (Lipinski definition) is 1.